The van der Waals surface area contributed by atoms with Crippen LogP contribution in [0.2, 0.25) is 0 Å². The summed E-state index contributed by atoms with van der Waals surface area (Å²) >= 11 is 0. The van der Waals surface area contributed by atoms with E-state index in [-0.39, 0.29) is 5.78 Å². The van der Waals surface area contributed by atoms with Crippen LogP contribution < -0.4 is 0 Å². The van der Waals surface area contributed by atoms with Gasteiger partial charge >= 0.3 is 0 Å². The third kappa shape index (κ3) is 1.46. The summed E-state index contributed by atoms with van der Waals surface area (Å²) in [5.74, 6) is 0.0735. The number of rotatable bonds is 2. The summed E-state index contributed by atoms with van der Waals surface area (Å²) in [4.78, 5) is 14.8. The average molecular weight is 185 g/mol. The molecule has 0 spiro atoms. The molecule has 14 heavy (non-hydrogen) atoms. The molecule has 0 unspecified atom stereocenters. The van der Waals surface area contributed by atoms with E-state index in [1.54, 1.807) is 18.5 Å². The molecule has 2 heteroatoms. The van der Waals surface area contributed by atoms with Gasteiger partial charge in [-0.3, -0.25) is 4.79 Å². The van der Waals surface area contributed by atoms with Gasteiger partial charge in [0.2, 0.25) is 0 Å². The van der Waals surface area contributed by atoms with Gasteiger partial charge < -0.3 is 4.98 Å². The van der Waals surface area contributed by atoms with Gasteiger partial charge in [-0.15, -0.1) is 0 Å². The second-order valence-corrected chi connectivity index (χ2v) is 3.24. The molecule has 0 saturated carbocycles. The Hall–Kier alpha value is -1.83. The van der Waals surface area contributed by atoms with Crippen LogP contribution in [0.4, 0.5) is 0 Å². The number of hydrogen-bond donors (Lipinski definition) is 1. The Morgan fingerprint density at radius 3 is 2.64 bits per heavy atom. The molecule has 0 amide bonds. The molecule has 70 valence electrons. The number of aromatic nitrogens is 1. The third-order valence-electron chi connectivity index (χ3n) is 2.25. The molecule has 1 aromatic heterocycles. The van der Waals surface area contributed by atoms with Gasteiger partial charge in [0.25, 0.3) is 0 Å². The number of aryl methyl sites for hydroxylation is 1. The van der Waals surface area contributed by atoms with Crippen molar-refractivity contribution in [3.8, 4) is 0 Å². The second kappa shape index (κ2) is 3.50. The Morgan fingerprint density at radius 2 is 2.00 bits per heavy atom. The maximum absolute atomic E-state index is 11.9. The molecule has 2 nitrogen and oxygen atoms in total. The minimum Gasteiger partial charge on any atom is -0.367 e. The van der Waals surface area contributed by atoms with Crippen molar-refractivity contribution in [3.05, 3.63) is 59.4 Å². The molecule has 0 aliphatic heterocycles. The van der Waals surface area contributed by atoms with Crippen LogP contribution in [0.25, 0.3) is 0 Å². The highest BCUT2D eigenvalue weighted by Crippen LogP contribution is 2.12. The summed E-state index contributed by atoms with van der Waals surface area (Å²) in [6, 6.07) is 9.40. The van der Waals surface area contributed by atoms with Crippen LogP contribution in [-0.4, -0.2) is 10.8 Å². The van der Waals surface area contributed by atoms with Crippen molar-refractivity contribution in [1.82, 2.24) is 4.98 Å². The average Bonchev–Trinajstić information content (AvgIpc) is 2.70. The molecule has 0 aliphatic rings. The monoisotopic (exact) mass is 185 g/mol. The summed E-state index contributed by atoms with van der Waals surface area (Å²) in [6.45, 7) is 1.94. The first-order chi connectivity index (χ1) is 6.79. The first-order valence-corrected chi connectivity index (χ1v) is 4.52. The minimum absolute atomic E-state index is 0.0735. The van der Waals surface area contributed by atoms with Gasteiger partial charge in [-0.05, 0) is 18.6 Å². The summed E-state index contributed by atoms with van der Waals surface area (Å²) in [6.07, 6.45) is 3.47. The van der Waals surface area contributed by atoms with Gasteiger partial charge in [0, 0.05) is 23.5 Å². The highest BCUT2D eigenvalue weighted by atomic mass is 16.1. The minimum atomic E-state index is 0.0735. The zero-order valence-electron chi connectivity index (χ0n) is 7.95. The van der Waals surface area contributed by atoms with E-state index < -0.39 is 0 Å². The molecule has 0 atom stereocenters. The van der Waals surface area contributed by atoms with Crippen LogP contribution >= 0.6 is 0 Å². The Morgan fingerprint density at radius 1 is 1.21 bits per heavy atom. The van der Waals surface area contributed by atoms with Gasteiger partial charge in [0.15, 0.2) is 5.78 Å². The standard InChI is InChI=1S/C12H11NO/c1-9-4-2-3-5-11(9)12(14)10-6-7-13-8-10/h2-8,13H,1H3. The normalized spacial score (nSPS) is 10.1. The SMILES string of the molecule is Cc1ccccc1C(=O)c1cc[nH]c1. The van der Waals surface area contributed by atoms with E-state index in [9.17, 15) is 4.79 Å². The van der Waals surface area contributed by atoms with Crippen LogP contribution in [-0.2, 0) is 0 Å². The van der Waals surface area contributed by atoms with Gasteiger partial charge in [-0.1, -0.05) is 24.3 Å². The predicted molar refractivity (Wildman–Crippen MR) is 55.4 cm³/mol. The molecule has 2 aromatic rings. The number of hydrogen-bond acceptors (Lipinski definition) is 1. The van der Waals surface area contributed by atoms with E-state index >= 15 is 0 Å². The molecule has 0 radical (unpaired) electrons. The smallest absolute Gasteiger partial charge is 0.194 e. The highest BCUT2D eigenvalue weighted by Gasteiger charge is 2.10. The Kier molecular flexibility index (Phi) is 2.19. The molecule has 0 aliphatic carbocycles. The van der Waals surface area contributed by atoms with Gasteiger partial charge in [0.1, 0.15) is 0 Å². The largest absolute Gasteiger partial charge is 0.367 e. The number of nitrogens with one attached hydrogen (secondary N) is 1. The van der Waals surface area contributed by atoms with Crippen molar-refractivity contribution >= 4 is 5.78 Å². The van der Waals surface area contributed by atoms with Crippen molar-refractivity contribution in [2.24, 2.45) is 0 Å². The molecule has 0 saturated heterocycles. The second-order valence-electron chi connectivity index (χ2n) is 3.24. The van der Waals surface area contributed by atoms with E-state index in [0.29, 0.717) is 5.56 Å². The van der Waals surface area contributed by atoms with E-state index in [0.717, 1.165) is 11.1 Å². The molecule has 0 bridgehead atoms. The Balaban J connectivity index is 2.42. The van der Waals surface area contributed by atoms with Crippen molar-refractivity contribution in [2.75, 3.05) is 0 Å². The van der Waals surface area contributed by atoms with Gasteiger partial charge in [-0.25, -0.2) is 0 Å². The zero-order valence-corrected chi connectivity index (χ0v) is 7.95. The fraction of sp³-hybridized carbons (Fsp3) is 0.0833. The maximum Gasteiger partial charge on any atom is 0.194 e. The lowest BCUT2D eigenvalue weighted by Crippen LogP contribution is -2.01. The first kappa shape index (κ1) is 8.75. The number of ketones is 1. The summed E-state index contributed by atoms with van der Waals surface area (Å²) < 4.78 is 0. The molecule has 2 rings (SSSR count). The Bertz CT molecular complexity index is 443. The van der Waals surface area contributed by atoms with Gasteiger partial charge in [0.05, 0.1) is 0 Å². The lowest BCUT2D eigenvalue weighted by Gasteiger charge is -2.01. The number of carbonyl (C=O) groups excluding carboxylic acids is 1. The van der Waals surface area contributed by atoms with E-state index in [1.165, 1.54) is 0 Å². The Labute approximate surface area is 82.6 Å². The molecule has 1 aromatic carbocycles. The number of benzene rings is 1. The van der Waals surface area contributed by atoms with Crippen molar-refractivity contribution < 1.29 is 4.79 Å². The van der Waals surface area contributed by atoms with Crippen LogP contribution in [0.15, 0.2) is 42.7 Å². The van der Waals surface area contributed by atoms with Crippen molar-refractivity contribution in [2.45, 2.75) is 6.92 Å². The molecule has 0 fully saturated rings. The van der Waals surface area contributed by atoms with E-state index in [1.807, 2.05) is 31.2 Å². The van der Waals surface area contributed by atoms with Gasteiger partial charge in [-0.2, -0.15) is 0 Å². The zero-order chi connectivity index (χ0) is 9.97. The third-order valence-corrected chi connectivity index (χ3v) is 2.25. The van der Waals surface area contributed by atoms with Crippen LogP contribution in [0.5, 0.6) is 0 Å². The highest BCUT2D eigenvalue weighted by molar-refractivity contribution is 6.09. The summed E-state index contributed by atoms with van der Waals surface area (Å²) in [5, 5.41) is 0. The summed E-state index contributed by atoms with van der Waals surface area (Å²) in [7, 11) is 0. The molecule has 1 heterocycles. The lowest BCUT2D eigenvalue weighted by molar-refractivity contribution is 0.103. The van der Waals surface area contributed by atoms with E-state index in [2.05, 4.69) is 4.98 Å². The van der Waals surface area contributed by atoms with Crippen molar-refractivity contribution in [1.29, 1.82) is 0 Å². The van der Waals surface area contributed by atoms with Crippen LogP contribution in [0.1, 0.15) is 21.5 Å². The topological polar surface area (TPSA) is 32.9 Å². The number of H-pyrrole nitrogens is 1. The number of aromatic amines is 1. The first-order valence-electron chi connectivity index (χ1n) is 4.52. The summed E-state index contributed by atoms with van der Waals surface area (Å²) in [5.41, 5.74) is 2.49. The molecular formula is C12H11NO. The predicted octanol–water partition coefficient (Wildman–Crippen LogP) is 2.55. The number of carbonyl (C=O) groups is 1. The quantitative estimate of drug-likeness (QED) is 0.716. The lowest BCUT2D eigenvalue weighted by atomic mass is 10.0. The molecule has 1 N–H and O–H groups in total. The van der Waals surface area contributed by atoms with Crippen LogP contribution in [0.3, 0.4) is 0 Å². The fourth-order valence-corrected chi connectivity index (χ4v) is 1.45. The van der Waals surface area contributed by atoms with Crippen LogP contribution in [0, 0.1) is 6.92 Å². The van der Waals surface area contributed by atoms with E-state index in [4.69, 9.17) is 0 Å². The molecular weight excluding hydrogens is 174 g/mol. The fourth-order valence-electron chi connectivity index (χ4n) is 1.45. The maximum atomic E-state index is 11.9. The van der Waals surface area contributed by atoms with Crippen molar-refractivity contribution in [3.63, 3.8) is 0 Å².